The Labute approximate surface area is 114 Å². The summed E-state index contributed by atoms with van der Waals surface area (Å²) in [6, 6.07) is 0.889. The molecule has 18 heavy (non-hydrogen) atoms. The monoisotopic (exact) mass is 251 g/mol. The SMILES string of the molecule is CCCCC1CC(C(C)C)CCC1CNC1CC1. The van der Waals surface area contributed by atoms with Crippen LogP contribution in [-0.2, 0) is 0 Å². The van der Waals surface area contributed by atoms with Crippen molar-refractivity contribution in [3.8, 4) is 0 Å². The average Bonchev–Trinajstić information content (AvgIpc) is 3.18. The lowest BCUT2D eigenvalue weighted by Crippen LogP contribution is -2.35. The van der Waals surface area contributed by atoms with Gasteiger partial charge in [-0.1, -0.05) is 40.0 Å². The summed E-state index contributed by atoms with van der Waals surface area (Å²) in [7, 11) is 0. The summed E-state index contributed by atoms with van der Waals surface area (Å²) in [6.45, 7) is 8.48. The second-order valence-electron chi connectivity index (χ2n) is 7.16. The molecule has 2 aliphatic carbocycles. The summed E-state index contributed by atoms with van der Waals surface area (Å²) in [4.78, 5) is 0. The molecule has 3 unspecified atom stereocenters. The van der Waals surface area contributed by atoms with E-state index in [1.807, 2.05) is 0 Å². The van der Waals surface area contributed by atoms with Gasteiger partial charge in [0, 0.05) is 6.04 Å². The van der Waals surface area contributed by atoms with E-state index in [1.54, 1.807) is 0 Å². The Bertz CT molecular complexity index is 232. The maximum absolute atomic E-state index is 3.78. The minimum Gasteiger partial charge on any atom is -0.314 e. The van der Waals surface area contributed by atoms with E-state index in [0.717, 1.165) is 29.7 Å². The molecule has 0 heterocycles. The molecule has 0 radical (unpaired) electrons. The molecule has 0 spiro atoms. The summed E-state index contributed by atoms with van der Waals surface area (Å²) in [5.74, 6) is 3.89. The van der Waals surface area contributed by atoms with E-state index in [-0.39, 0.29) is 0 Å². The highest BCUT2D eigenvalue weighted by molar-refractivity contribution is 4.86. The quantitative estimate of drug-likeness (QED) is 0.696. The van der Waals surface area contributed by atoms with Gasteiger partial charge in [0.1, 0.15) is 0 Å². The molecule has 2 rings (SSSR count). The molecule has 0 aliphatic heterocycles. The van der Waals surface area contributed by atoms with E-state index in [2.05, 4.69) is 26.1 Å². The minimum absolute atomic E-state index is 0.889. The Hall–Kier alpha value is -0.0400. The van der Waals surface area contributed by atoms with Crippen molar-refractivity contribution < 1.29 is 0 Å². The van der Waals surface area contributed by atoms with E-state index in [4.69, 9.17) is 0 Å². The minimum atomic E-state index is 0.889. The molecule has 0 aromatic heterocycles. The highest BCUT2D eigenvalue weighted by Gasteiger charge is 2.32. The van der Waals surface area contributed by atoms with Crippen molar-refractivity contribution in [1.29, 1.82) is 0 Å². The molecular weight excluding hydrogens is 218 g/mol. The first kappa shape index (κ1) is 14.4. The smallest absolute Gasteiger partial charge is 0.00683 e. The van der Waals surface area contributed by atoms with Gasteiger partial charge in [-0.3, -0.25) is 0 Å². The average molecular weight is 251 g/mol. The summed E-state index contributed by atoms with van der Waals surface area (Å²) in [5, 5.41) is 3.78. The van der Waals surface area contributed by atoms with Crippen molar-refractivity contribution in [2.45, 2.75) is 78.2 Å². The van der Waals surface area contributed by atoms with Gasteiger partial charge in [0.05, 0.1) is 0 Å². The number of hydrogen-bond acceptors (Lipinski definition) is 1. The van der Waals surface area contributed by atoms with Crippen LogP contribution in [0.5, 0.6) is 0 Å². The van der Waals surface area contributed by atoms with Gasteiger partial charge in [0.2, 0.25) is 0 Å². The molecule has 1 N–H and O–H groups in total. The molecule has 0 aromatic rings. The van der Waals surface area contributed by atoms with Crippen molar-refractivity contribution >= 4 is 0 Å². The van der Waals surface area contributed by atoms with Gasteiger partial charge in [0.15, 0.2) is 0 Å². The second kappa shape index (κ2) is 6.93. The molecule has 2 saturated carbocycles. The first-order valence-corrected chi connectivity index (χ1v) is 8.44. The van der Waals surface area contributed by atoms with Crippen molar-refractivity contribution in [1.82, 2.24) is 5.32 Å². The van der Waals surface area contributed by atoms with Crippen LogP contribution in [0, 0.1) is 23.7 Å². The molecule has 0 amide bonds. The van der Waals surface area contributed by atoms with Gasteiger partial charge in [-0.05, 0) is 62.3 Å². The standard InChI is InChI=1S/C17H33N/c1-4-5-6-15-11-14(13(2)3)7-8-16(15)12-18-17-9-10-17/h13-18H,4-12H2,1-3H3. The molecule has 0 aromatic carbocycles. The van der Waals surface area contributed by atoms with Crippen molar-refractivity contribution in [2.24, 2.45) is 23.7 Å². The van der Waals surface area contributed by atoms with E-state index < -0.39 is 0 Å². The second-order valence-corrected chi connectivity index (χ2v) is 7.16. The van der Waals surface area contributed by atoms with E-state index in [0.29, 0.717) is 0 Å². The zero-order valence-corrected chi connectivity index (χ0v) is 12.8. The Morgan fingerprint density at radius 2 is 1.83 bits per heavy atom. The number of unbranched alkanes of at least 4 members (excludes halogenated alkanes) is 1. The number of nitrogens with one attached hydrogen (secondary N) is 1. The largest absolute Gasteiger partial charge is 0.314 e. The fourth-order valence-corrected chi connectivity index (χ4v) is 3.66. The van der Waals surface area contributed by atoms with Gasteiger partial charge in [-0.2, -0.15) is 0 Å². The maximum atomic E-state index is 3.78. The van der Waals surface area contributed by atoms with Gasteiger partial charge in [0.25, 0.3) is 0 Å². The normalized spacial score (nSPS) is 33.0. The highest BCUT2D eigenvalue weighted by Crippen LogP contribution is 2.40. The van der Waals surface area contributed by atoms with Crippen LogP contribution in [-0.4, -0.2) is 12.6 Å². The van der Waals surface area contributed by atoms with Crippen LogP contribution in [0.15, 0.2) is 0 Å². The van der Waals surface area contributed by atoms with Crippen molar-refractivity contribution in [3.63, 3.8) is 0 Å². The van der Waals surface area contributed by atoms with E-state index >= 15 is 0 Å². The molecule has 3 atom stereocenters. The summed E-state index contributed by atoms with van der Waals surface area (Å²) in [5.41, 5.74) is 0. The molecule has 2 aliphatic rings. The van der Waals surface area contributed by atoms with Gasteiger partial charge in [-0.25, -0.2) is 0 Å². The molecule has 0 saturated heterocycles. The zero-order valence-electron chi connectivity index (χ0n) is 12.8. The van der Waals surface area contributed by atoms with Crippen LogP contribution in [0.25, 0.3) is 0 Å². The van der Waals surface area contributed by atoms with Crippen LogP contribution in [0.4, 0.5) is 0 Å². The highest BCUT2D eigenvalue weighted by atomic mass is 14.9. The Kier molecular flexibility index (Phi) is 5.54. The van der Waals surface area contributed by atoms with Crippen LogP contribution < -0.4 is 5.32 Å². The van der Waals surface area contributed by atoms with Gasteiger partial charge in [-0.15, -0.1) is 0 Å². The number of rotatable bonds is 7. The number of hydrogen-bond donors (Lipinski definition) is 1. The first-order chi connectivity index (χ1) is 8.70. The third-order valence-corrected chi connectivity index (χ3v) is 5.30. The molecule has 1 nitrogen and oxygen atoms in total. The van der Waals surface area contributed by atoms with E-state index in [1.165, 1.54) is 57.9 Å². The fourth-order valence-electron chi connectivity index (χ4n) is 3.66. The molecular formula is C17H33N. The summed E-state index contributed by atoms with van der Waals surface area (Å²) < 4.78 is 0. The lowest BCUT2D eigenvalue weighted by Gasteiger charge is -2.38. The third kappa shape index (κ3) is 4.26. The van der Waals surface area contributed by atoms with Crippen LogP contribution in [0.3, 0.4) is 0 Å². The van der Waals surface area contributed by atoms with E-state index in [9.17, 15) is 0 Å². The van der Waals surface area contributed by atoms with Crippen LogP contribution >= 0.6 is 0 Å². The van der Waals surface area contributed by atoms with Crippen molar-refractivity contribution in [2.75, 3.05) is 6.54 Å². The predicted octanol–water partition coefficient (Wildman–Crippen LogP) is 4.62. The third-order valence-electron chi connectivity index (χ3n) is 5.30. The Morgan fingerprint density at radius 3 is 2.44 bits per heavy atom. The first-order valence-electron chi connectivity index (χ1n) is 8.44. The zero-order chi connectivity index (χ0) is 13.0. The molecule has 106 valence electrons. The predicted molar refractivity (Wildman–Crippen MR) is 79.7 cm³/mol. The summed E-state index contributed by atoms with van der Waals surface area (Å²) >= 11 is 0. The van der Waals surface area contributed by atoms with Gasteiger partial charge >= 0.3 is 0 Å². The fraction of sp³-hybridized carbons (Fsp3) is 1.00. The Balaban J connectivity index is 1.81. The maximum Gasteiger partial charge on any atom is 0.00683 e. The lowest BCUT2D eigenvalue weighted by atomic mass is 9.69. The van der Waals surface area contributed by atoms with Crippen LogP contribution in [0.1, 0.15) is 72.1 Å². The molecule has 0 bridgehead atoms. The topological polar surface area (TPSA) is 12.0 Å². The van der Waals surface area contributed by atoms with Gasteiger partial charge < -0.3 is 5.32 Å². The summed E-state index contributed by atoms with van der Waals surface area (Å²) in [6.07, 6.45) is 11.6. The van der Waals surface area contributed by atoms with Crippen molar-refractivity contribution in [3.05, 3.63) is 0 Å². The lowest BCUT2D eigenvalue weighted by molar-refractivity contribution is 0.135. The molecule has 1 heteroatoms. The molecule has 2 fully saturated rings. The Morgan fingerprint density at radius 1 is 1.06 bits per heavy atom. The van der Waals surface area contributed by atoms with Crippen LogP contribution in [0.2, 0.25) is 0 Å².